The lowest BCUT2D eigenvalue weighted by Gasteiger charge is -2.16. The monoisotopic (exact) mass is 361 g/mol. The normalized spacial score (nSPS) is 12.6. The molecule has 5 nitrogen and oxygen atoms in total. The summed E-state index contributed by atoms with van der Waals surface area (Å²) in [5.41, 5.74) is 3.81. The van der Waals surface area contributed by atoms with Gasteiger partial charge in [-0.3, -0.25) is 4.99 Å². The second-order valence-corrected chi connectivity index (χ2v) is 6.67. The zero-order valence-electron chi connectivity index (χ0n) is 16.0. The first kappa shape index (κ1) is 18.7. The number of aliphatic imine (C=N–C) groups is 1. The molecule has 0 spiro atoms. The molecule has 27 heavy (non-hydrogen) atoms. The van der Waals surface area contributed by atoms with Crippen LogP contribution in [0.4, 0.5) is 0 Å². The predicted octanol–water partition coefficient (Wildman–Crippen LogP) is 3.40. The Balaban J connectivity index is 1.46. The Labute approximate surface area is 161 Å². The van der Waals surface area contributed by atoms with Crippen LogP contribution in [0.1, 0.15) is 29.5 Å². The summed E-state index contributed by atoms with van der Waals surface area (Å²) in [5.74, 6) is 1.24. The van der Waals surface area contributed by atoms with Crippen molar-refractivity contribution in [2.24, 2.45) is 4.99 Å². The summed E-state index contributed by atoms with van der Waals surface area (Å²) in [4.78, 5) is 8.40. The van der Waals surface area contributed by atoms with E-state index in [0.29, 0.717) is 5.92 Å². The lowest BCUT2D eigenvalue weighted by atomic mass is 10.0. The van der Waals surface area contributed by atoms with Crippen molar-refractivity contribution >= 4 is 5.96 Å². The standard InChI is InChI=1S/C22H27N5/c1-18(21-6-4-3-5-7-21)14-25-22(23-2)26-15-19-8-10-20(11-9-19)16-27-13-12-24-17-27/h3-13,17-18H,14-16H2,1-2H3,(H2,23,25,26). The van der Waals surface area contributed by atoms with Gasteiger partial charge in [0.1, 0.15) is 0 Å². The van der Waals surface area contributed by atoms with E-state index in [1.54, 1.807) is 13.2 Å². The zero-order chi connectivity index (χ0) is 18.9. The van der Waals surface area contributed by atoms with E-state index >= 15 is 0 Å². The van der Waals surface area contributed by atoms with E-state index < -0.39 is 0 Å². The quantitative estimate of drug-likeness (QED) is 0.501. The average Bonchev–Trinajstić information content (AvgIpc) is 3.23. The minimum atomic E-state index is 0.423. The predicted molar refractivity (Wildman–Crippen MR) is 111 cm³/mol. The van der Waals surface area contributed by atoms with Crippen molar-refractivity contribution in [3.8, 4) is 0 Å². The van der Waals surface area contributed by atoms with Crippen LogP contribution in [0.15, 0.2) is 78.3 Å². The third kappa shape index (κ3) is 5.71. The maximum absolute atomic E-state index is 4.32. The number of imidazole rings is 1. The summed E-state index contributed by atoms with van der Waals surface area (Å²) in [7, 11) is 1.80. The van der Waals surface area contributed by atoms with Gasteiger partial charge >= 0.3 is 0 Å². The van der Waals surface area contributed by atoms with Crippen LogP contribution in [0.3, 0.4) is 0 Å². The van der Waals surface area contributed by atoms with Gasteiger partial charge in [0.2, 0.25) is 0 Å². The molecule has 1 atom stereocenters. The minimum absolute atomic E-state index is 0.423. The molecule has 0 bridgehead atoms. The molecule has 140 valence electrons. The number of hydrogen-bond donors (Lipinski definition) is 2. The van der Waals surface area contributed by atoms with Gasteiger partial charge in [-0.05, 0) is 22.6 Å². The molecule has 0 saturated heterocycles. The molecular formula is C22H27N5. The van der Waals surface area contributed by atoms with E-state index in [2.05, 4.69) is 80.6 Å². The van der Waals surface area contributed by atoms with E-state index in [1.807, 2.05) is 18.6 Å². The molecule has 0 aliphatic heterocycles. The second kappa shape index (κ2) is 9.57. The van der Waals surface area contributed by atoms with Crippen LogP contribution >= 0.6 is 0 Å². The molecule has 1 unspecified atom stereocenters. The first-order chi connectivity index (χ1) is 13.2. The molecule has 3 rings (SSSR count). The third-order valence-corrected chi connectivity index (χ3v) is 4.58. The molecule has 5 heteroatoms. The van der Waals surface area contributed by atoms with Gasteiger partial charge in [0.05, 0.1) is 6.33 Å². The van der Waals surface area contributed by atoms with E-state index in [0.717, 1.165) is 25.6 Å². The Morgan fingerprint density at radius 1 is 1.04 bits per heavy atom. The van der Waals surface area contributed by atoms with Gasteiger partial charge in [-0.25, -0.2) is 4.98 Å². The smallest absolute Gasteiger partial charge is 0.191 e. The number of aromatic nitrogens is 2. The van der Waals surface area contributed by atoms with Gasteiger partial charge in [0.25, 0.3) is 0 Å². The summed E-state index contributed by atoms with van der Waals surface area (Å²) in [6, 6.07) is 19.1. The van der Waals surface area contributed by atoms with Gasteiger partial charge in [-0.1, -0.05) is 61.5 Å². The fraction of sp³-hybridized carbons (Fsp3) is 0.273. The van der Waals surface area contributed by atoms with Crippen molar-refractivity contribution in [2.75, 3.05) is 13.6 Å². The Morgan fingerprint density at radius 2 is 1.78 bits per heavy atom. The largest absolute Gasteiger partial charge is 0.356 e. The van der Waals surface area contributed by atoms with Gasteiger partial charge in [-0.15, -0.1) is 0 Å². The Bertz CT molecular complexity index is 823. The van der Waals surface area contributed by atoms with Crippen molar-refractivity contribution in [1.82, 2.24) is 20.2 Å². The van der Waals surface area contributed by atoms with Crippen LogP contribution in [0, 0.1) is 0 Å². The van der Waals surface area contributed by atoms with E-state index in [4.69, 9.17) is 0 Å². The second-order valence-electron chi connectivity index (χ2n) is 6.67. The van der Waals surface area contributed by atoms with Crippen LogP contribution in [-0.2, 0) is 13.1 Å². The van der Waals surface area contributed by atoms with Crippen molar-refractivity contribution in [2.45, 2.75) is 25.9 Å². The highest BCUT2D eigenvalue weighted by atomic mass is 15.2. The molecule has 2 N–H and O–H groups in total. The first-order valence-corrected chi connectivity index (χ1v) is 9.27. The molecule has 1 heterocycles. The molecule has 1 aromatic heterocycles. The van der Waals surface area contributed by atoms with Gasteiger partial charge in [-0.2, -0.15) is 0 Å². The summed E-state index contributed by atoms with van der Waals surface area (Å²) < 4.78 is 2.06. The minimum Gasteiger partial charge on any atom is -0.356 e. The number of nitrogens with zero attached hydrogens (tertiary/aromatic N) is 3. The van der Waals surface area contributed by atoms with E-state index in [1.165, 1.54) is 16.7 Å². The summed E-state index contributed by atoms with van der Waals surface area (Å²) >= 11 is 0. The fourth-order valence-corrected chi connectivity index (χ4v) is 2.91. The molecular weight excluding hydrogens is 334 g/mol. The summed E-state index contributed by atoms with van der Waals surface area (Å²) in [5, 5.41) is 6.79. The van der Waals surface area contributed by atoms with Gasteiger partial charge < -0.3 is 15.2 Å². The van der Waals surface area contributed by atoms with Crippen LogP contribution in [0.5, 0.6) is 0 Å². The Kier molecular flexibility index (Phi) is 6.63. The maximum Gasteiger partial charge on any atom is 0.191 e. The fourth-order valence-electron chi connectivity index (χ4n) is 2.91. The molecule has 0 radical (unpaired) electrons. The van der Waals surface area contributed by atoms with Crippen molar-refractivity contribution in [1.29, 1.82) is 0 Å². The van der Waals surface area contributed by atoms with Crippen molar-refractivity contribution < 1.29 is 0 Å². The van der Waals surface area contributed by atoms with Crippen LogP contribution in [0.25, 0.3) is 0 Å². The topological polar surface area (TPSA) is 54.2 Å². The van der Waals surface area contributed by atoms with Crippen LogP contribution in [-0.4, -0.2) is 29.1 Å². The average molecular weight is 361 g/mol. The number of nitrogens with one attached hydrogen (secondary N) is 2. The lowest BCUT2D eigenvalue weighted by Crippen LogP contribution is -2.38. The van der Waals surface area contributed by atoms with Crippen molar-refractivity contribution in [3.63, 3.8) is 0 Å². The Morgan fingerprint density at radius 3 is 2.44 bits per heavy atom. The molecule has 0 amide bonds. The summed E-state index contributed by atoms with van der Waals surface area (Å²) in [6.07, 6.45) is 5.61. The van der Waals surface area contributed by atoms with E-state index in [-0.39, 0.29) is 0 Å². The van der Waals surface area contributed by atoms with E-state index in [9.17, 15) is 0 Å². The lowest BCUT2D eigenvalue weighted by molar-refractivity contribution is 0.699. The number of hydrogen-bond acceptors (Lipinski definition) is 2. The molecule has 2 aromatic carbocycles. The van der Waals surface area contributed by atoms with Gasteiger partial charge in [0, 0.05) is 39.1 Å². The number of rotatable bonds is 7. The Hall–Kier alpha value is -3.08. The molecule has 0 aliphatic carbocycles. The van der Waals surface area contributed by atoms with Crippen LogP contribution in [0.2, 0.25) is 0 Å². The summed E-state index contributed by atoms with van der Waals surface area (Å²) in [6.45, 7) is 4.64. The first-order valence-electron chi connectivity index (χ1n) is 9.27. The van der Waals surface area contributed by atoms with Crippen LogP contribution < -0.4 is 10.6 Å². The van der Waals surface area contributed by atoms with Crippen molar-refractivity contribution in [3.05, 3.63) is 90.0 Å². The van der Waals surface area contributed by atoms with Gasteiger partial charge in [0.15, 0.2) is 5.96 Å². The highest BCUT2D eigenvalue weighted by molar-refractivity contribution is 5.79. The molecule has 3 aromatic rings. The molecule has 0 aliphatic rings. The maximum atomic E-state index is 4.32. The SMILES string of the molecule is CN=C(NCc1ccc(Cn2ccnc2)cc1)NCC(C)c1ccccc1. The third-order valence-electron chi connectivity index (χ3n) is 4.58. The number of guanidine groups is 1. The zero-order valence-corrected chi connectivity index (χ0v) is 16.0. The number of benzene rings is 2. The molecule has 0 fully saturated rings. The highest BCUT2D eigenvalue weighted by Crippen LogP contribution is 2.13. The highest BCUT2D eigenvalue weighted by Gasteiger charge is 2.06. The molecule has 0 saturated carbocycles.